The fourth-order valence-electron chi connectivity index (χ4n) is 4.39. The lowest BCUT2D eigenvalue weighted by atomic mass is 10.0. The first-order valence-electron chi connectivity index (χ1n) is 11.9. The molecule has 2 heterocycles. The van der Waals surface area contributed by atoms with E-state index < -0.39 is 6.36 Å². The van der Waals surface area contributed by atoms with E-state index in [1.807, 2.05) is 13.0 Å². The van der Waals surface area contributed by atoms with Crippen molar-refractivity contribution in [1.82, 2.24) is 15.2 Å². The lowest BCUT2D eigenvalue weighted by Crippen LogP contribution is -2.46. The number of halogens is 4. The van der Waals surface area contributed by atoms with Gasteiger partial charge >= 0.3 is 6.36 Å². The zero-order chi connectivity index (χ0) is 27.3. The lowest BCUT2D eigenvalue weighted by Gasteiger charge is -2.35. The van der Waals surface area contributed by atoms with Gasteiger partial charge < -0.3 is 15.0 Å². The zero-order valence-corrected chi connectivity index (χ0v) is 21.3. The second kappa shape index (κ2) is 11.7. The first-order chi connectivity index (χ1) is 18.1. The molecule has 2 aromatic carbocycles. The second-order valence-corrected chi connectivity index (χ2v) is 9.30. The summed E-state index contributed by atoms with van der Waals surface area (Å²) in [4.78, 5) is 21.6. The van der Waals surface area contributed by atoms with E-state index >= 15 is 0 Å². The van der Waals surface area contributed by atoms with Gasteiger partial charge in [-0.25, -0.2) is 4.98 Å². The molecule has 1 aliphatic rings. The molecule has 1 aliphatic heterocycles. The average molecular weight is 544 g/mol. The quantitative estimate of drug-likeness (QED) is 0.448. The molecule has 0 unspecified atom stereocenters. The van der Waals surface area contributed by atoms with Gasteiger partial charge in [-0.1, -0.05) is 29.8 Å². The van der Waals surface area contributed by atoms with Crippen molar-refractivity contribution < 1.29 is 22.7 Å². The number of rotatable bonds is 7. The molecule has 0 bridgehead atoms. The number of aryl methyl sites for hydroxylation is 1. The summed E-state index contributed by atoms with van der Waals surface area (Å²) in [6, 6.07) is 14.7. The highest BCUT2D eigenvalue weighted by Crippen LogP contribution is 2.25. The Morgan fingerprint density at radius 3 is 2.47 bits per heavy atom. The van der Waals surface area contributed by atoms with E-state index in [4.69, 9.17) is 11.6 Å². The van der Waals surface area contributed by atoms with Crippen LogP contribution in [0.1, 0.15) is 32.6 Å². The largest absolute Gasteiger partial charge is 0.573 e. The smallest absolute Gasteiger partial charge is 0.406 e. The monoisotopic (exact) mass is 543 g/mol. The molecule has 38 heavy (non-hydrogen) atoms. The minimum atomic E-state index is -4.76. The topological polar surface area (TPSA) is 81.5 Å². The van der Waals surface area contributed by atoms with Crippen LogP contribution in [0.2, 0.25) is 5.02 Å². The van der Waals surface area contributed by atoms with Crippen LogP contribution in [0, 0.1) is 18.3 Å². The summed E-state index contributed by atoms with van der Waals surface area (Å²) in [7, 11) is 0. The van der Waals surface area contributed by atoms with Crippen molar-refractivity contribution in [2.45, 2.75) is 26.4 Å². The van der Waals surface area contributed by atoms with E-state index in [-0.39, 0.29) is 18.2 Å². The number of hydrogen-bond donors (Lipinski definition) is 1. The van der Waals surface area contributed by atoms with E-state index in [1.165, 1.54) is 24.3 Å². The predicted molar refractivity (Wildman–Crippen MR) is 137 cm³/mol. The number of aromatic nitrogens is 1. The summed E-state index contributed by atoms with van der Waals surface area (Å²) in [5.41, 5.74) is 3.24. The number of nitrogens with zero attached hydrogens (tertiary/aromatic N) is 4. The van der Waals surface area contributed by atoms with Crippen molar-refractivity contribution in [3.63, 3.8) is 0 Å². The summed E-state index contributed by atoms with van der Waals surface area (Å²) in [5.74, 6) is 0.00791. The van der Waals surface area contributed by atoms with Crippen LogP contribution in [-0.2, 0) is 13.1 Å². The average Bonchev–Trinajstić information content (AvgIpc) is 2.87. The fraction of sp³-hybridized carbons (Fsp3) is 0.296. The lowest BCUT2D eigenvalue weighted by molar-refractivity contribution is -0.274. The number of carbonyl (C=O) groups excluding carboxylic acids is 1. The molecule has 1 amide bonds. The van der Waals surface area contributed by atoms with Gasteiger partial charge in [-0.2, -0.15) is 5.26 Å². The number of piperazine rings is 1. The van der Waals surface area contributed by atoms with Crippen molar-refractivity contribution in [3.8, 4) is 11.8 Å². The Bertz CT molecular complexity index is 1310. The van der Waals surface area contributed by atoms with Crippen LogP contribution in [0.25, 0.3) is 0 Å². The highest BCUT2D eigenvalue weighted by atomic mass is 35.5. The molecule has 7 nitrogen and oxygen atoms in total. The third-order valence-corrected chi connectivity index (χ3v) is 6.47. The Hall–Kier alpha value is -3.81. The van der Waals surface area contributed by atoms with E-state index in [2.05, 4.69) is 30.9 Å². The molecule has 0 atom stereocenters. The second-order valence-electron chi connectivity index (χ2n) is 8.89. The molecule has 1 N–H and O–H groups in total. The molecule has 198 valence electrons. The van der Waals surface area contributed by atoms with E-state index in [9.17, 15) is 23.2 Å². The number of alkyl halides is 3. The van der Waals surface area contributed by atoms with Crippen LogP contribution < -0.4 is 15.0 Å². The zero-order valence-electron chi connectivity index (χ0n) is 20.6. The van der Waals surface area contributed by atoms with Crippen molar-refractivity contribution >= 4 is 23.3 Å². The molecule has 0 spiro atoms. The SMILES string of the molecule is Cc1cc(CN2CCN(c3ncccc3C#N)CC2)cc(Cl)c1C(=O)NCc1ccc(OC(F)(F)F)cc1. The summed E-state index contributed by atoms with van der Waals surface area (Å²) < 4.78 is 40.8. The third kappa shape index (κ3) is 6.94. The van der Waals surface area contributed by atoms with Gasteiger partial charge in [-0.3, -0.25) is 9.69 Å². The van der Waals surface area contributed by atoms with Gasteiger partial charge in [0.25, 0.3) is 5.91 Å². The van der Waals surface area contributed by atoms with Gasteiger partial charge in [-0.15, -0.1) is 13.2 Å². The summed E-state index contributed by atoms with van der Waals surface area (Å²) in [6.45, 7) is 5.65. The predicted octanol–water partition coefficient (Wildman–Crippen LogP) is 5.07. The van der Waals surface area contributed by atoms with Crippen LogP contribution in [0.5, 0.6) is 5.75 Å². The number of nitriles is 1. The third-order valence-electron chi connectivity index (χ3n) is 6.17. The van der Waals surface area contributed by atoms with Crippen LogP contribution in [-0.4, -0.2) is 48.3 Å². The van der Waals surface area contributed by atoms with Crippen LogP contribution >= 0.6 is 11.6 Å². The number of benzene rings is 2. The number of carbonyl (C=O) groups is 1. The van der Waals surface area contributed by atoms with E-state index in [0.29, 0.717) is 34.1 Å². The number of anilines is 1. The Labute approximate surface area is 223 Å². The van der Waals surface area contributed by atoms with Gasteiger partial charge in [0.2, 0.25) is 0 Å². The van der Waals surface area contributed by atoms with Crippen LogP contribution in [0.3, 0.4) is 0 Å². The summed E-state index contributed by atoms with van der Waals surface area (Å²) in [5, 5.41) is 12.4. The molecular weight excluding hydrogens is 519 g/mol. The summed E-state index contributed by atoms with van der Waals surface area (Å²) >= 11 is 6.50. The standard InChI is InChI=1S/C27H25ClF3N5O2/c1-18-13-20(17-35-9-11-36(12-10-35)25-21(15-32)3-2-8-33-25)14-23(28)24(18)26(37)34-16-19-4-6-22(7-5-19)38-27(29,30)31/h2-8,13-14H,9-12,16-17H2,1H3,(H,34,37). The molecule has 1 saturated heterocycles. The van der Waals surface area contributed by atoms with Crippen molar-refractivity contribution in [1.29, 1.82) is 5.26 Å². The molecule has 0 aliphatic carbocycles. The molecule has 0 radical (unpaired) electrons. The highest BCUT2D eigenvalue weighted by molar-refractivity contribution is 6.34. The first kappa shape index (κ1) is 27.2. The number of ether oxygens (including phenoxy) is 1. The number of pyridine rings is 1. The van der Waals surface area contributed by atoms with Gasteiger partial charge in [0.1, 0.15) is 17.6 Å². The van der Waals surface area contributed by atoms with Crippen LogP contribution in [0.4, 0.5) is 19.0 Å². The van der Waals surface area contributed by atoms with Gasteiger partial charge in [-0.05, 0) is 53.9 Å². The maximum atomic E-state index is 12.8. The molecule has 3 aromatic rings. The number of nitrogens with one attached hydrogen (secondary N) is 1. The maximum absolute atomic E-state index is 12.8. The van der Waals surface area contributed by atoms with Gasteiger partial charge in [0, 0.05) is 45.5 Å². The molecule has 4 rings (SSSR count). The molecule has 1 fully saturated rings. The first-order valence-corrected chi connectivity index (χ1v) is 12.2. The van der Waals surface area contributed by atoms with Gasteiger partial charge in [0.15, 0.2) is 0 Å². The summed E-state index contributed by atoms with van der Waals surface area (Å²) in [6.07, 6.45) is -3.07. The Kier molecular flexibility index (Phi) is 8.39. The highest BCUT2D eigenvalue weighted by Gasteiger charge is 2.31. The molecule has 11 heteroatoms. The van der Waals surface area contributed by atoms with E-state index in [0.717, 1.165) is 37.3 Å². The molecular formula is C27H25ClF3N5O2. The van der Waals surface area contributed by atoms with Crippen molar-refractivity contribution in [2.24, 2.45) is 0 Å². The van der Waals surface area contributed by atoms with E-state index in [1.54, 1.807) is 24.4 Å². The normalized spacial score (nSPS) is 14.2. The fourth-order valence-corrected chi connectivity index (χ4v) is 4.76. The van der Waals surface area contributed by atoms with Crippen LogP contribution in [0.15, 0.2) is 54.7 Å². The Morgan fingerprint density at radius 1 is 1.13 bits per heavy atom. The molecule has 0 saturated carbocycles. The molecule has 1 aromatic heterocycles. The van der Waals surface area contributed by atoms with Crippen molar-refractivity contribution in [2.75, 3.05) is 31.1 Å². The minimum Gasteiger partial charge on any atom is -0.406 e. The maximum Gasteiger partial charge on any atom is 0.573 e. The minimum absolute atomic E-state index is 0.122. The van der Waals surface area contributed by atoms with Gasteiger partial charge in [0.05, 0.1) is 16.1 Å². The number of amides is 1. The Morgan fingerprint density at radius 2 is 1.84 bits per heavy atom. The Balaban J connectivity index is 1.33. The van der Waals surface area contributed by atoms with Crippen molar-refractivity contribution in [3.05, 3.63) is 87.6 Å². The number of hydrogen-bond acceptors (Lipinski definition) is 6.